The van der Waals surface area contributed by atoms with Gasteiger partial charge >= 0.3 is 0 Å². The Hall–Kier alpha value is -2.58. The largest absolute Gasteiger partial charge is 0.497 e. The molecule has 8 heteroatoms. The average Bonchev–Trinajstić information content (AvgIpc) is 2.54. The molecule has 126 valence electrons. The van der Waals surface area contributed by atoms with Crippen LogP contribution < -0.4 is 20.1 Å². The number of methoxy groups -OCH3 is 1. The Kier molecular flexibility index (Phi) is 4.16. The lowest BCUT2D eigenvalue weighted by Gasteiger charge is -2.27. The van der Waals surface area contributed by atoms with Gasteiger partial charge in [0, 0.05) is 5.69 Å². The van der Waals surface area contributed by atoms with Crippen LogP contribution in [0.2, 0.25) is 0 Å². The molecule has 0 saturated heterocycles. The SMILES string of the molecule is COc1ccc(NC(=O)[C@H]2Nc3cc(C)ccc3S(=O)(=O)N2)cc1. The van der Waals surface area contributed by atoms with Gasteiger partial charge in [-0.3, -0.25) is 4.79 Å². The molecule has 0 aromatic heterocycles. The highest BCUT2D eigenvalue weighted by Crippen LogP contribution is 2.27. The summed E-state index contributed by atoms with van der Waals surface area (Å²) >= 11 is 0. The first-order valence-electron chi connectivity index (χ1n) is 7.23. The molecule has 1 aliphatic heterocycles. The molecule has 0 aliphatic carbocycles. The summed E-state index contributed by atoms with van der Waals surface area (Å²) in [6.07, 6.45) is -1.09. The lowest BCUT2D eigenvalue weighted by molar-refractivity contribution is -0.117. The van der Waals surface area contributed by atoms with Crippen molar-refractivity contribution >= 4 is 27.3 Å². The minimum atomic E-state index is -3.75. The molecule has 1 amide bonds. The molecule has 1 aliphatic rings. The highest BCUT2D eigenvalue weighted by atomic mass is 32.2. The number of sulfonamides is 1. The summed E-state index contributed by atoms with van der Waals surface area (Å²) in [4.78, 5) is 12.5. The fourth-order valence-corrected chi connectivity index (χ4v) is 3.66. The topological polar surface area (TPSA) is 96.5 Å². The number of benzene rings is 2. The number of carbonyl (C=O) groups is 1. The van der Waals surface area contributed by atoms with Gasteiger partial charge in [0.15, 0.2) is 6.17 Å². The molecule has 0 saturated carbocycles. The summed E-state index contributed by atoms with van der Waals surface area (Å²) in [6.45, 7) is 1.85. The van der Waals surface area contributed by atoms with Gasteiger partial charge < -0.3 is 15.4 Å². The van der Waals surface area contributed by atoms with E-state index in [1.807, 2.05) is 6.92 Å². The summed E-state index contributed by atoms with van der Waals surface area (Å²) in [7, 11) is -2.20. The number of carbonyl (C=O) groups excluding carboxylic acids is 1. The maximum atomic E-state index is 12.4. The fourth-order valence-electron chi connectivity index (χ4n) is 2.40. The third-order valence-electron chi connectivity index (χ3n) is 3.62. The first-order valence-corrected chi connectivity index (χ1v) is 8.72. The second-order valence-corrected chi connectivity index (χ2v) is 7.10. The molecular formula is C16H17N3O4S. The smallest absolute Gasteiger partial charge is 0.262 e. The summed E-state index contributed by atoms with van der Waals surface area (Å²) in [5, 5.41) is 5.57. The molecule has 7 nitrogen and oxygen atoms in total. The number of hydrogen-bond donors (Lipinski definition) is 3. The van der Waals surface area contributed by atoms with Gasteiger partial charge in [-0.25, -0.2) is 8.42 Å². The molecule has 1 atom stereocenters. The fraction of sp³-hybridized carbons (Fsp3) is 0.188. The summed E-state index contributed by atoms with van der Waals surface area (Å²) in [5.41, 5.74) is 1.84. The van der Waals surface area contributed by atoms with Gasteiger partial charge in [-0.2, -0.15) is 4.72 Å². The second kappa shape index (κ2) is 6.14. The van der Waals surface area contributed by atoms with Crippen LogP contribution in [0, 0.1) is 6.92 Å². The number of hydrogen-bond acceptors (Lipinski definition) is 5. The van der Waals surface area contributed by atoms with Crippen molar-refractivity contribution in [3.05, 3.63) is 48.0 Å². The van der Waals surface area contributed by atoms with Gasteiger partial charge in [-0.1, -0.05) is 6.07 Å². The molecule has 3 N–H and O–H groups in total. The van der Waals surface area contributed by atoms with Crippen molar-refractivity contribution in [3.63, 3.8) is 0 Å². The summed E-state index contributed by atoms with van der Waals surface area (Å²) in [5.74, 6) is 0.157. The zero-order valence-electron chi connectivity index (χ0n) is 13.2. The number of nitrogens with one attached hydrogen (secondary N) is 3. The van der Waals surface area contributed by atoms with E-state index in [0.717, 1.165) is 5.56 Å². The monoisotopic (exact) mass is 347 g/mol. The first-order chi connectivity index (χ1) is 11.4. The van der Waals surface area contributed by atoms with Gasteiger partial charge in [-0.05, 0) is 48.9 Å². The lowest BCUT2D eigenvalue weighted by Crippen LogP contribution is -2.51. The second-order valence-electron chi connectivity index (χ2n) is 5.42. The first kappa shape index (κ1) is 16.3. The van der Waals surface area contributed by atoms with Crippen LogP contribution >= 0.6 is 0 Å². The van der Waals surface area contributed by atoms with Crippen LogP contribution in [0.5, 0.6) is 5.75 Å². The van der Waals surface area contributed by atoms with Crippen LogP contribution in [0.3, 0.4) is 0 Å². The van der Waals surface area contributed by atoms with Gasteiger partial charge in [0.05, 0.1) is 12.8 Å². The molecule has 0 unspecified atom stereocenters. The predicted molar refractivity (Wildman–Crippen MR) is 90.5 cm³/mol. The number of anilines is 2. The molecule has 1 heterocycles. The van der Waals surface area contributed by atoms with E-state index in [1.165, 1.54) is 6.07 Å². The van der Waals surface area contributed by atoms with Crippen molar-refractivity contribution in [2.24, 2.45) is 0 Å². The Morgan fingerprint density at radius 1 is 1.17 bits per heavy atom. The van der Waals surface area contributed by atoms with E-state index in [4.69, 9.17) is 4.74 Å². The number of fused-ring (bicyclic) bond motifs is 1. The third kappa shape index (κ3) is 3.19. The number of rotatable bonds is 3. The molecule has 0 radical (unpaired) electrons. The van der Waals surface area contributed by atoms with Crippen LogP contribution in [0.4, 0.5) is 11.4 Å². The molecule has 2 aromatic carbocycles. The van der Waals surface area contributed by atoms with Gasteiger partial charge in [0.1, 0.15) is 10.6 Å². The Morgan fingerprint density at radius 3 is 2.54 bits per heavy atom. The molecule has 24 heavy (non-hydrogen) atoms. The minimum absolute atomic E-state index is 0.126. The van der Waals surface area contributed by atoms with Crippen LogP contribution in [-0.2, 0) is 14.8 Å². The summed E-state index contributed by atoms with van der Waals surface area (Å²) in [6, 6.07) is 11.7. The van der Waals surface area contributed by atoms with Crippen LogP contribution in [0.1, 0.15) is 5.56 Å². The maximum Gasteiger partial charge on any atom is 0.262 e. The van der Waals surface area contributed by atoms with E-state index < -0.39 is 22.1 Å². The van der Waals surface area contributed by atoms with Crippen LogP contribution in [0.15, 0.2) is 47.4 Å². The van der Waals surface area contributed by atoms with Crippen LogP contribution in [-0.4, -0.2) is 27.6 Å². The highest BCUT2D eigenvalue weighted by Gasteiger charge is 2.33. The number of aryl methyl sites for hydroxylation is 1. The van der Waals surface area contributed by atoms with E-state index >= 15 is 0 Å². The third-order valence-corrected chi connectivity index (χ3v) is 5.10. The van der Waals surface area contributed by atoms with E-state index in [9.17, 15) is 13.2 Å². The van der Waals surface area contributed by atoms with E-state index in [1.54, 1.807) is 43.5 Å². The number of ether oxygens (including phenoxy) is 1. The lowest BCUT2D eigenvalue weighted by atomic mass is 10.2. The zero-order chi connectivity index (χ0) is 17.3. The van der Waals surface area contributed by atoms with Crippen molar-refractivity contribution in [3.8, 4) is 5.75 Å². The van der Waals surface area contributed by atoms with E-state index in [-0.39, 0.29) is 4.90 Å². The van der Waals surface area contributed by atoms with Gasteiger partial charge in [-0.15, -0.1) is 0 Å². The normalized spacial score (nSPS) is 18.2. The van der Waals surface area contributed by atoms with Crippen molar-refractivity contribution in [1.82, 2.24) is 4.72 Å². The predicted octanol–water partition coefficient (Wildman–Crippen LogP) is 1.67. The molecule has 3 rings (SSSR count). The molecule has 0 spiro atoms. The standard InChI is InChI=1S/C16H17N3O4S/c1-10-3-8-14-13(9-10)18-15(19-24(14,21)22)16(20)17-11-4-6-12(23-2)7-5-11/h3-9,15,18-19H,1-2H3,(H,17,20)/t15-/m0/s1. The molecule has 0 fully saturated rings. The van der Waals surface area contributed by atoms with Crippen molar-refractivity contribution < 1.29 is 17.9 Å². The minimum Gasteiger partial charge on any atom is -0.497 e. The molecule has 2 aromatic rings. The van der Waals surface area contributed by atoms with Gasteiger partial charge in [0.25, 0.3) is 5.91 Å². The van der Waals surface area contributed by atoms with E-state index in [2.05, 4.69) is 15.4 Å². The molecule has 0 bridgehead atoms. The van der Waals surface area contributed by atoms with Crippen molar-refractivity contribution in [1.29, 1.82) is 0 Å². The van der Waals surface area contributed by atoms with E-state index in [0.29, 0.717) is 17.1 Å². The van der Waals surface area contributed by atoms with Gasteiger partial charge in [0.2, 0.25) is 10.0 Å². The quantitative estimate of drug-likeness (QED) is 0.785. The highest BCUT2D eigenvalue weighted by molar-refractivity contribution is 7.89. The molecular weight excluding hydrogens is 330 g/mol. The average molecular weight is 347 g/mol. The maximum absolute atomic E-state index is 12.4. The zero-order valence-corrected chi connectivity index (χ0v) is 14.0. The Bertz CT molecular complexity index is 879. The van der Waals surface area contributed by atoms with Crippen LogP contribution in [0.25, 0.3) is 0 Å². The van der Waals surface area contributed by atoms with Crippen molar-refractivity contribution in [2.75, 3.05) is 17.7 Å². The summed E-state index contributed by atoms with van der Waals surface area (Å²) < 4.78 is 32.0. The number of amides is 1. The Labute approximate surface area is 140 Å². The van der Waals surface area contributed by atoms with Crippen molar-refractivity contribution in [2.45, 2.75) is 18.0 Å². The Balaban J connectivity index is 1.81. The Morgan fingerprint density at radius 2 is 1.88 bits per heavy atom.